The molecule has 0 saturated heterocycles. The summed E-state index contributed by atoms with van der Waals surface area (Å²) in [6.07, 6.45) is 4.42. The molecule has 0 unspecified atom stereocenters. The first-order valence-electron chi connectivity index (χ1n) is 5.72. The smallest absolute Gasteiger partial charge is 0.231 e. The van der Waals surface area contributed by atoms with E-state index in [-0.39, 0.29) is 11.3 Å². The molecule has 1 aromatic rings. The number of hydrogen-bond donors (Lipinski definition) is 2. The van der Waals surface area contributed by atoms with Crippen LogP contribution >= 0.6 is 0 Å². The zero-order valence-electron chi connectivity index (χ0n) is 9.90. The number of ether oxygens (including phenoxy) is 1. The van der Waals surface area contributed by atoms with Crippen LogP contribution in [0.4, 0.5) is 5.69 Å². The quantitative estimate of drug-likeness (QED) is 0.821. The van der Waals surface area contributed by atoms with Gasteiger partial charge >= 0.3 is 0 Å². The van der Waals surface area contributed by atoms with Crippen LogP contribution in [0.15, 0.2) is 18.3 Å². The van der Waals surface area contributed by atoms with E-state index in [0.717, 1.165) is 19.3 Å². The third-order valence-corrected chi connectivity index (χ3v) is 3.38. The average Bonchev–Trinajstić information content (AvgIpc) is 2.28. The van der Waals surface area contributed by atoms with Gasteiger partial charge in [-0.05, 0) is 18.9 Å². The van der Waals surface area contributed by atoms with Crippen LogP contribution in [-0.4, -0.2) is 24.5 Å². The molecule has 1 heterocycles. The number of aromatic nitrogens is 1. The molecule has 17 heavy (non-hydrogen) atoms. The van der Waals surface area contributed by atoms with E-state index in [1.165, 1.54) is 0 Å². The van der Waals surface area contributed by atoms with E-state index in [1.54, 1.807) is 25.4 Å². The standard InChI is InChI=1S/C12H17N3O2/c1-17-10-7-9(3-6-14-10)15-11(16)12(8-13)4-2-5-12/h3,6-7H,2,4-5,8,13H2,1H3,(H,14,15,16). The largest absolute Gasteiger partial charge is 0.481 e. The molecule has 1 saturated carbocycles. The van der Waals surface area contributed by atoms with Crippen molar-refractivity contribution in [1.29, 1.82) is 0 Å². The van der Waals surface area contributed by atoms with Crippen molar-refractivity contribution in [3.05, 3.63) is 18.3 Å². The van der Waals surface area contributed by atoms with Crippen LogP contribution in [0.2, 0.25) is 0 Å². The third kappa shape index (κ3) is 2.24. The van der Waals surface area contributed by atoms with Crippen LogP contribution in [0.25, 0.3) is 0 Å². The Bertz CT molecular complexity index is 410. The molecule has 0 aromatic carbocycles. The molecule has 0 aliphatic heterocycles. The van der Waals surface area contributed by atoms with E-state index in [9.17, 15) is 4.79 Å². The summed E-state index contributed by atoms with van der Waals surface area (Å²) in [4.78, 5) is 16.1. The minimum absolute atomic E-state index is 0.000460. The van der Waals surface area contributed by atoms with Crippen LogP contribution in [0.1, 0.15) is 19.3 Å². The average molecular weight is 235 g/mol. The maximum atomic E-state index is 12.1. The number of carbonyl (C=O) groups excluding carboxylic acids is 1. The van der Waals surface area contributed by atoms with Crippen molar-refractivity contribution in [3.63, 3.8) is 0 Å². The molecule has 3 N–H and O–H groups in total. The molecule has 2 rings (SSSR count). The van der Waals surface area contributed by atoms with Gasteiger partial charge in [-0.15, -0.1) is 0 Å². The van der Waals surface area contributed by atoms with Crippen LogP contribution in [0.3, 0.4) is 0 Å². The van der Waals surface area contributed by atoms with Gasteiger partial charge in [-0.1, -0.05) is 6.42 Å². The number of nitrogens with two attached hydrogens (primary N) is 1. The summed E-state index contributed by atoms with van der Waals surface area (Å²) < 4.78 is 5.00. The van der Waals surface area contributed by atoms with Gasteiger partial charge in [0.25, 0.3) is 0 Å². The predicted molar refractivity (Wildman–Crippen MR) is 64.8 cm³/mol. The number of anilines is 1. The van der Waals surface area contributed by atoms with E-state index < -0.39 is 0 Å². The summed E-state index contributed by atoms with van der Waals surface area (Å²) in [7, 11) is 1.54. The molecule has 0 bridgehead atoms. The van der Waals surface area contributed by atoms with E-state index in [0.29, 0.717) is 18.1 Å². The van der Waals surface area contributed by atoms with Crippen LogP contribution in [0, 0.1) is 5.41 Å². The number of pyridine rings is 1. The molecule has 92 valence electrons. The zero-order valence-corrected chi connectivity index (χ0v) is 9.90. The topological polar surface area (TPSA) is 77.2 Å². The van der Waals surface area contributed by atoms with Crippen molar-refractivity contribution in [2.24, 2.45) is 11.1 Å². The number of methoxy groups -OCH3 is 1. The second-order valence-corrected chi connectivity index (χ2v) is 4.38. The Kier molecular flexibility index (Phi) is 3.28. The minimum Gasteiger partial charge on any atom is -0.481 e. The number of rotatable bonds is 4. The highest BCUT2D eigenvalue weighted by atomic mass is 16.5. The van der Waals surface area contributed by atoms with Gasteiger partial charge < -0.3 is 15.8 Å². The van der Waals surface area contributed by atoms with Crippen molar-refractivity contribution in [2.45, 2.75) is 19.3 Å². The SMILES string of the molecule is COc1cc(NC(=O)C2(CN)CCC2)ccn1. The van der Waals surface area contributed by atoms with E-state index in [1.807, 2.05) is 0 Å². The summed E-state index contributed by atoms with van der Waals surface area (Å²) in [5, 5.41) is 2.87. The highest BCUT2D eigenvalue weighted by Gasteiger charge is 2.42. The second kappa shape index (κ2) is 4.71. The number of nitrogens with zero attached hydrogens (tertiary/aromatic N) is 1. The normalized spacial score (nSPS) is 17.1. The van der Waals surface area contributed by atoms with Gasteiger partial charge in [0.05, 0.1) is 12.5 Å². The molecule has 0 radical (unpaired) electrons. The highest BCUT2D eigenvalue weighted by molar-refractivity contribution is 5.96. The van der Waals surface area contributed by atoms with Gasteiger partial charge in [-0.2, -0.15) is 0 Å². The molecular weight excluding hydrogens is 218 g/mol. The lowest BCUT2D eigenvalue weighted by atomic mass is 9.68. The van der Waals surface area contributed by atoms with Crippen LogP contribution in [0.5, 0.6) is 5.88 Å². The first-order valence-corrected chi connectivity index (χ1v) is 5.72. The molecule has 1 aliphatic carbocycles. The van der Waals surface area contributed by atoms with Crippen molar-refractivity contribution in [1.82, 2.24) is 4.98 Å². The monoisotopic (exact) mass is 235 g/mol. The Hall–Kier alpha value is -1.62. The van der Waals surface area contributed by atoms with Gasteiger partial charge in [0.1, 0.15) is 0 Å². The molecule has 5 heteroatoms. The Morgan fingerprint density at radius 1 is 1.65 bits per heavy atom. The van der Waals surface area contributed by atoms with Crippen molar-refractivity contribution >= 4 is 11.6 Å². The fourth-order valence-electron chi connectivity index (χ4n) is 1.99. The molecule has 1 fully saturated rings. The Morgan fingerprint density at radius 2 is 2.41 bits per heavy atom. The maximum absolute atomic E-state index is 12.1. The van der Waals surface area contributed by atoms with E-state index >= 15 is 0 Å². The number of hydrogen-bond acceptors (Lipinski definition) is 4. The summed E-state index contributed by atoms with van der Waals surface area (Å²) in [5.74, 6) is 0.484. The summed E-state index contributed by atoms with van der Waals surface area (Å²) in [6.45, 7) is 0.404. The van der Waals surface area contributed by atoms with Gasteiger partial charge in [-0.25, -0.2) is 4.98 Å². The molecule has 1 aliphatic rings. The molecule has 5 nitrogen and oxygen atoms in total. The third-order valence-electron chi connectivity index (χ3n) is 3.38. The van der Waals surface area contributed by atoms with Crippen molar-refractivity contribution in [3.8, 4) is 5.88 Å². The van der Waals surface area contributed by atoms with E-state index in [2.05, 4.69) is 10.3 Å². The fourth-order valence-corrected chi connectivity index (χ4v) is 1.99. The highest BCUT2D eigenvalue weighted by Crippen LogP contribution is 2.40. The van der Waals surface area contributed by atoms with Gasteiger partial charge in [-0.3, -0.25) is 4.79 Å². The summed E-state index contributed by atoms with van der Waals surface area (Å²) in [5.41, 5.74) is 6.01. The minimum atomic E-state index is -0.365. The molecule has 0 atom stereocenters. The van der Waals surface area contributed by atoms with Crippen molar-refractivity contribution < 1.29 is 9.53 Å². The first kappa shape index (κ1) is 11.9. The van der Waals surface area contributed by atoms with E-state index in [4.69, 9.17) is 10.5 Å². The molecule has 1 amide bonds. The van der Waals surface area contributed by atoms with Crippen molar-refractivity contribution in [2.75, 3.05) is 19.0 Å². The zero-order chi connectivity index (χ0) is 12.3. The summed E-state index contributed by atoms with van der Waals surface area (Å²) >= 11 is 0. The number of nitrogens with one attached hydrogen (secondary N) is 1. The number of carbonyl (C=O) groups is 1. The molecule has 1 aromatic heterocycles. The van der Waals surface area contributed by atoms with Gasteiger partial charge in [0.2, 0.25) is 11.8 Å². The molecule has 0 spiro atoms. The number of amides is 1. The first-order chi connectivity index (χ1) is 8.20. The maximum Gasteiger partial charge on any atom is 0.231 e. The fraction of sp³-hybridized carbons (Fsp3) is 0.500. The lowest BCUT2D eigenvalue weighted by molar-refractivity contribution is -0.129. The Morgan fingerprint density at radius 3 is 2.94 bits per heavy atom. The van der Waals surface area contributed by atoms with Gasteiger partial charge in [0.15, 0.2) is 0 Å². The summed E-state index contributed by atoms with van der Waals surface area (Å²) in [6, 6.07) is 3.43. The lowest BCUT2D eigenvalue weighted by Crippen LogP contribution is -2.47. The second-order valence-electron chi connectivity index (χ2n) is 4.38. The van der Waals surface area contributed by atoms with Crippen LogP contribution in [-0.2, 0) is 4.79 Å². The predicted octanol–water partition coefficient (Wildman–Crippen LogP) is 1.16. The lowest BCUT2D eigenvalue weighted by Gasteiger charge is -2.39. The molecular formula is C12H17N3O2. The Labute approximate surface area is 100 Å². The van der Waals surface area contributed by atoms with Crippen LogP contribution < -0.4 is 15.8 Å². The Balaban J connectivity index is 2.07. The van der Waals surface area contributed by atoms with Gasteiger partial charge in [0, 0.05) is 24.5 Å².